The molecule has 2 amide bonds. The van der Waals surface area contributed by atoms with Gasteiger partial charge in [-0.3, -0.25) is 4.90 Å². The molecule has 2 heterocycles. The Labute approximate surface area is 164 Å². The van der Waals surface area contributed by atoms with E-state index in [-0.39, 0.29) is 6.03 Å². The fourth-order valence-corrected chi connectivity index (χ4v) is 3.21. The zero-order valence-electron chi connectivity index (χ0n) is 15.3. The molecule has 7 nitrogen and oxygen atoms in total. The number of benzene rings is 1. The molecule has 144 valence electrons. The van der Waals surface area contributed by atoms with Gasteiger partial charge in [-0.15, -0.1) is 0 Å². The van der Waals surface area contributed by atoms with Gasteiger partial charge in [-0.1, -0.05) is 29.8 Å². The lowest BCUT2D eigenvalue weighted by atomic mass is 10.2. The zero-order valence-corrected chi connectivity index (χ0v) is 16.0. The van der Waals surface area contributed by atoms with Gasteiger partial charge in [-0.05, 0) is 30.7 Å². The predicted octanol–water partition coefficient (Wildman–Crippen LogP) is 2.14. The highest BCUT2D eigenvalue weighted by Gasteiger charge is 2.18. The summed E-state index contributed by atoms with van der Waals surface area (Å²) in [6.45, 7) is 5.86. The fourth-order valence-electron chi connectivity index (χ4n) is 3.01. The van der Waals surface area contributed by atoms with E-state index in [2.05, 4.69) is 30.4 Å². The average molecular weight is 389 g/mol. The van der Waals surface area contributed by atoms with E-state index < -0.39 is 0 Å². The molecular weight excluding hydrogens is 364 g/mol. The van der Waals surface area contributed by atoms with E-state index in [1.165, 1.54) is 0 Å². The minimum Gasteiger partial charge on any atom is -0.338 e. The number of amides is 2. The van der Waals surface area contributed by atoms with Crippen LogP contribution in [0.1, 0.15) is 12.0 Å². The smallest absolute Gasteiger partial charge is 0.315 e. The average Bonchev–Trinajstić information content (AvgIpc) is 2.72. The van der Waals surface area contributed by atoms with Crippen LogP contribution in [-0.2, 0) is 6.54 Å². The van der Waals surface area contributed by atoms with Crippen LogP contribution in [0.25, 0.3) is 0 Å². The number of anilines is 1. The third kappa shape index (κ3) is 6.08. The van der Waals surface area contributed by atoms with E-state index in [0.29, 0.717) is 18.1 Å². The summed E-state index contributed by atoms with van der Waals surface area (Å²) >= 11 is 6.08. The first kappa shape index (κ1) is 19.4. The van der Waals surface area contributed by atoms with E-state index in [1.807, 2.05) is 30.3 Å². The largest absolute Gasteiger partial charge is 0.338 e. The Bertz CT molecular complexity index is 721. The normalized spacial score (nSPS) is 14.8. The van der Waals surface area contributed by atoms with E-state index in [9.17, 15) is 4.79 Å². The molecule has 2 N–H and O–H groups in total. The van der Waals surface area contributed by atoms with Crippen LogP contribution in [0.5, 0.6) is 0 Å². The predicted molar refractivity (Wildman–Crippen MR) is 107 cm³/mol. The molecule has 0 bridgehead atoms. The molecule has 1 aromatic carbocycles. The zero-order chi connectivity index (χ0) is 18.9. The van der Waals surface area contributed by atoms with Crippen molar-refractivity contribution in [3.8, 4) is 0 Å². The monoisotopic (exact) mass is 388 g/mol. The molecule has 0 atom stereocenters. The van der Waals surface area contributed by atoms with E-state index in [0.717, 1.165) is 50.7 Å². The van der Waals surface area contributed by atoms with E-state index in [4.69, 9.17) is 11.6 Å². The van der Waals surface area contributed by atoms with Crippen molar-refractivity contribution in [2.75, 3.05) is 44.2 Å². The van der Waals surface area contributed by atoms with Gasteiger partial charge < -0.3 is 15.5 Å². The van der Waals surface area contributed by atoms with Gasteiger partial charge in [0, 0.05) is 56.7 Å². The topological polar surface area (TPSA) is 73.4 Å². The summed E-state index contributed by atoms with van der Waals surface area (Å²) in [6, 6.07) is 9.17. The third-order valence-corrected chi connectivity index (χ3v) is 4.91. The Balaban J connectivity index is 1.27. The third-order valence-electron chi connectivity index (χ3n) is 4.54. The highest BCUT2D eigenvalue weighted by atomic mass is 35.5. The van der Waals surface area contributed by atoms with Crippen molar-refractivity contribution in [3.63, 3.8) is 0 Å². The van der Waals surface area contributed by atoms with Crippen molar-refractivity contribution in [3.05, 3.63) is 53.3 Å². The summed E-state index contributed by atoms with van der Waals surface area (Å²) in [7, 11) is 0. The number of nitrogens with zero attached hydrogens (tertiary/aromatic N) is 4. The lowest BCUT2D eigenvalue weighted by Gasteiger charge is -2.34. The van der Waals surface area contributed by atoms with Crippen LogP contribution in [0.4, 0.5) is 10.7 Å². The molecule has 0 radical (unpaired) electrons. The van der Waals surface area contributed by atoms with Crippen molar-refractivity contribution < 1.29 is 4.79 Å². The summed E-state index contributed by atoms with van der Waals surface area (Å²) in [6.07, 6.45) is 4.47. The Morgan fingerprint density at radius 3 is 2.52 bits per heavy atom. The van der Waals surface area contributed by atoms with E-state index >= 15 is 0 Å². The molecule has 1 fully saturated rings. The van der Waals surface area contributed by atoms with Crippen LogP contribution in [-0.4, -0.2) is 60.2 Å². The summed E-state index contributed by atoms with van der Waals surface area (Å²) in [5.74, 6) is 0.800. The molecule has 1 aromatic heterocycles. The van der Waals surface area contributed by atoms with Crippen molar-refractivity contribution in [1.29, 1.82) is 0 Å². The van der Waals surface area contributed by atoms with Gasteiger partial charge in [0.2, 0.25) is 5.95 Å². The summed E-state index contributed by atoms with van der Waals surface area (Å²) < 4.78 is 0. The number of hydrogen-bond acceptors (Lipinski definition) is 5. The Morgan fingerprint density at radius 1 is 1.04 bits per heavy atom. The maximum Gasteiger partial charge on any atom is 0.315 e. The lowest BCUT2D eigenvalue weighted by Crippen LogP contribution is -2.47. The Hall–Kier alpha value is -2.38. The SMILES string of the molecule is O=C(NCCCN1CCN(c2ncccn2)CC1)NCc1ccccc1Cl. The molecular formula is C19H25ClN6O. The molecule has 8 heteroatoms. The van der Waals surface area contributed by atoms with Crippen molar-refractivity contribution in [2.24, 2.45) is 0 Å². The first-order chi connectivity index (χ1) is 13.2. The van der Waals surface area contributed by atoms with Crippen molar-refractivity contribution in [1.82, 2.24) is 25.5 Å². The first-order valence-electron chi connectivity index (χ1n) is 9.22. The van der Waals surface area contributed by atoms with Gasteiger partial charge in [0.1, 0.15) is 0 Å². The highest BCUT2D eigenvalue weighted by molar-refractivity contribution is 6.31. The minimum absolute atomic E-state index is 0.166. The number of rotatable bonds is 7. The van der Waals surface area contributed by atoms with Gasteiger partial charge >= 0.3 is 6.03 Å². The quantitative estimate of drug-likeness (QED) is 0.711. The summed E-state index contributed by atoms with van der Waals surface area (Å²) in [4.78, 5) is 25.1. The van der Waals surface area contributed by atoms with Crippen LogP contribution in [0.2, 0.25) is 5.02 Å². The number of carbonyl (C=O) groups excluding carboxylic acids is 1. The number of nitrogens with one attached hydrogen (secondary N) is 2. The minimum atomic E-state index is -0.166. The van der Waals surface area contributed by atoms with Gasteiger partial charge in [0.05, 0.1) is 0 Å². The highest BCUT2D eigenvalue weighted by Crippen LogP contribution is 2.14. The van der Waals surface area contributed by atoms with Gasteiger partial charge in [-0.2, -0.15) is 0 Å². The second-order valence-electron chi connectivity index (χ2n) is 6.43. The van der Waals surface area contributed by atoms with E-state index in [1.54, 1.807) is 12.4 Å². The fraction of sp³-hybridized carbons (Fsp3) is 0.421. The second-order valence-corrected chi connectivity index (χ2v) is 6.84. The molecule has 1 aliphatic rings. The maximum atomic E-state index is 11.9. The summed E-state index contributed by atoms with van der Waals surface area (Å²) in [5.41, 5.74) is 0.912. The van der Waals surface area contributed by atoms with Gasteiger partial charge in [0.15, 0.2) is 0 Å². The first-order valence-corrected chi connectivity index (χ1v) is 9.59. The lowest BCUT2D eigenvalue weighted by molar-refractivity contribution is 0.235. The molecule has 3 rings (SSSR count). The van der Waals surface area contributed by atoms with Gasteiger partial charge in [-0.25, -0.2) is 14.8 Å². The molecule has 0 aliphatic carbocycles. The number of piperazine rings is 1. The number of hydrogen-bond donors (Lipinski definition) is 2. The standard InChI is InChI=1S/C19H25ClN6O/c20-17-6-2-1-5-16(17)15-24-19(27)23-9-4-10-25-11-13-26(14-12-25)18-21-7-3-8-22-18/h1-3,5-8H,4,9-15H2,(H2,23,24,27). The van der Waals surface area contributed by atoms with Gasteiger partial charge in [0.25, 0.3) is 0 Å². The van der Waals surface area contributed by atoms with Crippen LogP contribution in [0.15, 0.2) is 42.7 Å². The maximum absolute atomic E-state index is 11.9. The Morgan fingerprint density at radius 2 is 1.78 bits per heavy atom. The van der Waals surface area contributed by atoms with Crippen molar-refractivity contribution >= 4 is 23.6 Å². The number of aromatic nitrogens is 2. The second kappa shape index (κ2) is 10.1. The number of halogens is 1. The summed E-state index contributed by atoms with van der Waals surface area (Å²) in [5, 5.41) is 6.39. The van der Waals surface area contributed by atoms with Crippen LogP contribution in [0, 0.1) is 0 Å². The van der Waals surface area contributed by atoms with Crippen LogP contribution < -0.4 is 15.5 Å². The molecule has 1 saturated heterocycles. The molecule has 0 spiro atoms. The number of carbonyl (C=O) groups is 1. The molecule has 0 saturated carbocycles. The molecule has 0 unspecified atom stereocenters. The Kier molecular flexibility index (Phi) is 7.24. The molecule has 2 aromatic rings. The molecule has 27 heavy (non-hydrogen) atoms. The number of urea groups is 1. The van der Waals surface area contributed by atoms with Crippen LogP contribution >= 0.6 is 11.6 Å². The molecule has 1 aliphatic heterocycles. The van der Waals surface area contributed by atoms with Crippen LogP contribution in [0.3, 0.4) is 0 Å². The van der Waals surface area contributed by atoms with Crippen molar-refractivity contribution in [2.45, 2.75) is 13.0 Å².